The number of amides is 1. The Morgan fingerprint density at radius 2 is 1.79 bits per heavy atom. The van der Waals surface area contributed by atoms with Gasteiger partial charge in [0.1, 0.15) is 22.3 Å². The summed E-state index contributed by atoms with van der Waals surface area (Å²) in [6, 6.07) is 5.28. The van der Waals surface area contributed by atoms with E-state index >= 15 is 0 Å². The molecule has 3 rings (SSSR count). The second kappa shape index (κ2) is 7.84. The van der Waals surface area contributed by atoms with E-state index in [1.54, 1.807) is 11.6 Å². The van der Waals surface area contributed by atoms with Crippen molar-refractivity contribution < 1.29 is 26.4 Å². The van der Waals surface area contributed by atoms with Gasteiger partial charge in [-0.2, -0.15) is 0 Å². The van der Waals surface area contributed by atoms with E-state index in [1.807, 2.05) is 0 Å². The number of sulfonamides is 1. The summed E-state index contributed by atoms with van der Waals surface area (Å²) in [7, 11) is -4.72. The lowest BCUT2D eigenvalue weighted by atomic mass is 10.2. The van der Waals surface area contributed by atoms with Crippen molar-refractivity contribution in [3.05, 3.63) is 70.3 Å². The van der Waals surface area contributed by atoms with Crippen LogP contribution in [0, 0.1) is 17.5 Å². The molecule has 0 unspecified atom stereocenters. The minimum Gasteiger partial charge on any atom is -0.266 e. The quantitative estimate of drug-likeness (QED) is 0.653. The molecule has 1 aromatic heterocycles. The topological polar surface area (TPSA) is 93.9 Å². The van der Waals surface area contributed by atoms with E-state index in [1.165, 1.54) is 6.07 Å². The first-order valence-corrected chi connectivity index (χ1v) is 9.92. The molecule has 0 aliphatic rings. The fourth-order valence-electron chi connectivity index (χ4n) is 2.55. The van der Waals surface area contributed by atoms with Gasteiger partial charge in [0.15, 0.2) is 5.69 Å². The van der Waals surface area contributed by atoms with Crippen LogP contribution >= 0.6 is 11.6 Å². The molecule has 0 saturated heterocycles. The van der Waals surface area contributed by atoms with E-state index in [2.05, 4.69) is 10.3 Å². The lowest BCUT2D eigenvalue weighted by Crippen LogP contribution is -2.32. The monoisotopic (exact) mass is 444 g/mol. The Hall–Kier alpha value is -2.92. The first-order valence-electron chi connectivity index (χ1n) is 8.06. The molecule has 0 bridgehead atoms. The van der Waals surface area contributed by atoms with Crippen molar-refractivity contribution in [2.45, 2.75) is 18.2 Å². The predicted octanol–water partition coefficient (Wildman–Crippen LogP) is 3.02. The molecule has 1 heterocycles. The number of hydrogen-bond donors (Lipinski definition) is 1. The SMILES string of the molecule is CCc1c(C(=O)NS(=O)(=O)c2cc(F)ccc2F)nnn1-c1ccc(F)cc1Cl. The van der Waals surface area contributed by atoms with E-state index in [0.29, 0.717) is 12.1 Å². The zero-order valence-corrected chi connectivity index (χ0v) is 16.2. The van der Waals surface area contributed by atoms with Crippen molar-refractivity contribution in [2.75, 3.05) is 0 Å². The molecule has 7 nitrogen and oxygen atoms in total. The van der Waals surface area contributed by atoms with Gasteiger partial charge >= 0.3 is 0 Å². The van der Waals surface area contributed by atoms with Crippen LogP contribution in [0.1, 0.15) is 23.1 Å². The molecular weight excluding hydrogens is 433 g/mol. The van der Waals surface area contributed by atoms with Crippen LogP contribution in [-0.4, -0.2) is 29.3 Å². The van der Waals surface area contributed by atoms with Crippen LogP contribution in [0.2, 0.25) is 5.02 Å². The van der Waals surface area contributed by atoms with Gasteiger partial charge in [-0.05, 0) is 42.8 Å². The van der Waals surface area contributed by atoms with Gasteiger partial charge in [-0.25, -0.2) is 31.0 Å². The largest absolute Gasteiger partial charge is 0.287 e. The Labute approximate surface area is 168 Å². The highest BCUT2D eigenvalue weighted by molar-refractivity contribution is 7.90. The fourth-order valence-corrected chi connectivity index (χ4v) is 3.84. The van der Waals surface area contributed by atoms with E-state index in [0.717, 1.165) is 22.9 Å². The summed E-state index contributed by atoms with van der Waals surface area (Å²) in [6.45, 7) is 1.64. The molecule has 29 heavy (non-hydrogen) atoms. The molecule has 3 aromatic rings. The highest BCUT2D eigenvalue weighted by Crippen LogP contribution is 2.24. The summed E-state index contributed by atoms with van der Waals surface area (Å²) in [6.07, 6.45) is 0.178. The number of carbonyl (C=O) groups is 1. The van der Waals surface area contributed by atoms with Gasteiger partial charge in [-0.15, -0.1) is 5.10 Å². The summed E-state index contributed by atoms with van der Waals surface area (Å²) in [4.78, 5) is 11.4. The summed E-state index contributed by atoms with van der Waals surface area (Å²) in [5.74, 6) is -4.01. The molecule has 0 aliphatic carbocycles. The summed E-state index contributed by atoms with van der Waals surface area (Å²) in [5, 5.41) is 7.43. The smallest absolute Gasteiger partial charge is 0.266 e. The predicted molar refractivity (Wildman–Crippen MR) is 96.7 cm³/mol. The Balaban J connectivity index is 1.98. The van der Waals surface area contributed by atoms with Crippen LogP contribution in [0.5, 0.6) is 0 Å². The highest BCUT2D eigenvalue weighted by atomic mass is 35.5. The molecule has 0 atom stereocenters. The van der Waals surface area contributed by atoms with Crippen molar-refractivity contribution in [1.82, 2.24) is 19.7 Å². The Kier molecular flexibility index (Phi) is 5.62. The molecule has 0 radical (unpaired) electrons. The highest BCUT2D eigenvalue weighted by Gasteiger charge is 2.27. The molecule has 0 saturated carbocycles. The molecule has 0 spiro atoms. The van der Waals surface area contributed by atoms with Gasteiger partial charge in [0, 0.05) is 0 Å². The number of benzene rings is 2. The van der Waals surface area contributed by atoms with Gasteiger partial charge in [-0.1, -0.05) is 23.7 Å². The van der Waals surface area contributed by atoms with Gasteiger partial charge in [-0.3, -0.25) is 4.79 Å². The number of aromatic nitrogens is 3. The molecule has 1 N–H and O–H groups in total. The van der Waals surface area contributed by atoms with Crippen molar-refractivity contribution in [3.8, 4) is 5.69 Å². The van der Waals surface area contributed by atoms with Crippen LogP contribution in [0.25, 0.3) is 5.69 Å². The summed E-state index contributed by atoms with van der Waals surface area (Å²) >= 11 is 6.00. The first-order chi connectivity index (χ1) is 13.6. The van der Waals surface area contributed by atoms with E-state index in [-0.39, 0.29) is 28.5 Å². The number of halogens is 4. The van der Waals surface area contributed by atoms with Crippen LogP contribution in [-0.2, 0) is 16.4 Å². The van der Waals surface area contributed by atoms with Crippen molar-refractivity contribution >= 4 is 27.5 Å². The van der Waals surface area contributed by atoms with E-state index < -0.39 is 38.3 Å². The van der Waals surface area contributed by atoms with Crippen molar-refractivity contribution in [2.24, 2.45) is 0 Å². The number of rotatable bonds is 5. The maximum absolute atomic E-state index is 13.8. The molecular formula is C17H12ClF3N4O3S. The molecule has 12 heteroatoms. The molecule has 1 amide bonds. The third-order valence-electron chi connectivity index (χ3n) is 3.86. The second-order valence-electron chi connectivity index (χ2n) is 5.76. The van der Waals surface area contributed by atoms with Crippen molar-refractivity contribution in [3.63, 3.8) is 0 Å². The van der Waals surface area contributed by atoms with Crippen molar-refractivity contribution in [1.29, 1.82) is 0 Å². The Bertz CT molecular complexity index is 1210. The van der Waals surface area contributed by atoms with Crippen LogP contribution in [0.15, 0.2) is 41.3 Å². The Morgan fingerprint density at radius 1 is 1.14 bits per heavy atom. The molecule has 152 valence electrons. The van der Waals surface area contributed by atoms with Crippen LogP contribution < -0.4 is 4.72 Å². The molecule has 2 aromatic carbocycles. The fraction of sp³-hybridized carbons (Fsp3) is 0.118. The van der Waals surface area contributed by atoms with E-state index in [4.69, 9.17) is 11.6 Å². The first kappa shape index (κ1) is 20.8. The summed E-state index contributed by atoms with van der Waals surface area (Å²) in [5.41, 5.74) is 0.0229. The average molecular weight is 445 g/mol. The lowest BCUT2D eigenvalue weighted by Gasteiger charge is -2.09. The minimum atomic E-state index is -4.72. The number of nitrogens with one attached hydrogen (secondary N) is 1. The lowest BCUT2D eigenvalue weighted by molar-refractivity contribution is 0.0975. The normalized spacial score (nSPS) is 11.5. The molecule has 0 aliphatic heterocycles. The number of nitrogens with zero attached hydrogens (tertiary/aromatic N) is 3. The van der Waals surface area contributed by atoms with Gasteiger partial charge < -0.3 is 0 Å². The zero-order valence-electron chi connectivity index (χ0n) is 14.7. The van der Waals surface area contributed by atoms with Gasteiger partial charge in [0.05, 0.1) is 16.4 Å². The third-order valence-corrected chi connectivity index (χ3v) is 5.51. The second-order valence-corrected chi connectivity index (χ2v) is 7.81. The van der Waals surface area contributed by atoms with Gasteiger partial charge in [0.25, 0.3) is 15.9 Å². The third kappa shape index (κ3) is 4.10. The minimum absolute atomic E-state index is 0.00832. The summed E-state index contributed by atoms with van der Waals surface area (Å²) < 4.78 is 67.8. The maximum atomic E-state index is 13.8. The maximum Gasteiger partial charge on any atom is 0.287 e. The molecule has 0 fully saturated rings. The zero-order chi connectivity index (χ0) is 21.3. The van der Waals surface area contributed by atoms with E-state index in [9.17, 15) is 26.4 Å². The number of hydrogen-bond acceptors (Lipinski definition) is 5. The standard InChI is InChI=1S/C17H12ClF3N4O3S/c1-2-13-16(22-24-25(13)14-6-4-9(19)7-11(14)18)17(26)23-29(27,28)15-8-10(20)3-5-12(15)21/h3-8H,2H2,1H3,(H,23,26). The van der Waals surface area contributed by atoms with Gasteiger partial charge in [0.2, 0.25) is 0 Å². The average Bonchev–Trinajstić information content (AvgIpc) is 3.07. The number of carbonyl (C=O) groups excluding carboxylic acids is 1. The van der Waals surface area contributed by atoms with Crippen LogP contribution in [0.4, 0.5) is 13.2 Å². The van der Waals surface area contributed by atoms with Crippen LogP contribution in [0.3, 0.4) is 0 Å². The Morgan fingerprint density at radius 3 is 2.45 bits per heavy atom.